The Morgan fingerprint density at radius 2 is 2.21 bits per heavy atom. The van der Waals surface area contributed by atoms with E-state index in [2.05, 4.69) is 40.7 Å². The zero-order chi connectivity index (χ0) is 17.4. The molecule has 1 amide bonds. The minimum absolute atomic E-state index is 0.0509. The Morgan fingerprint density at radius 1 is 1.38 bits per heavy atom. The van der Waals surface area contributed by atoms with E-state index in [0.29, 0.717) is 24.8 Å². The maximum atomic E-state index is 12.1. The lowest BCUT2D eigenvalue weighted by atomic mass is 10.0. The van der Waals surface area contributed by atoms with Crippen LogP contribution in [0.1, 0.15) is 25.3 Å². The molecular formula is C16H22N4O2S2. The van der Waals surface area contributed by atoms with Crippen LogP contribution in [0.4, 0.5) is 10.8 Å². The van der Waals surface area contributed by atoms with E-state index in [0.717, 1.165) is 15.2 Å². The molecule has 0 saturated carbocycles. The van der Waals surface area contributed by atoms with Gasteiger partial charge in [0.05, 0.1) is 12.4 Å². The lowest BCUT2D eigenvalue weighted by Crippen LogP contribution is -2.14. The van der Waals surface area contributed by atoms with Gasteiger partial charge in [0.1, 0.15) is 0 Å². The highest BCUT2D eigenvalue weighted by Gasteiger charge is 2.09. The second-order valence-corrected chi connectivity index (χ2v) is 7.61. The number of methoxy groups -OCH3 is 1. The van der Waals surface area contributed by atoms with Crippen LogP contribution in [-0.4, -0.2) is 42.1 Å². The molecule has 0 aliphatic rings. The van der Waals surface area contributed by atoms with Crippen LogP contribution >= 0.6 is 23.1 Å². The minimum Gasteiger partial charge on any atom is -0.383 e. The monoisotopic (exact) mass is 366 g/mol. The van der Waals surface area contributed by atoms with Gasteiger partial charge < -0.3 is 15.4 Å². The summed E-state index contributed by atoms with van der Waals surface area (Å²) >= 11 is 2.81. The number of ether oxygens (including phenoxy) is 1. The number of hydrogen-bond donors (Lipinski definition) is 2. The topological polar surface area (TPSA) is 76.1 Å². The van der Waals surface area contributed by atoms with Crippen LogP contribution in [0.2, 0.25) is 0 Å². The summed E-state index contributed by atoms with van der Waals surface area (Å²) in [7, 11) is 1.65. The molecule has 2 aromatic rings. The van der Waals surface area contributed by atoms with Gasteiger partial charge in [-0.3, -0.25) is 4.79 Å². The van der Waals surface area contributed by atoms with Crippen molar-refractivity contribution < 1.29 is 9.53 Å². The molecule has 1 aromatic carbocycles. The molecule has 0 fully saturated rings. The normalized spacial score (nSPS) is 10.8. The molecule has 0 saturated heterocycles. The molecule has 1 aromatic heterocycles. The third-order valence-corrected chi connectivity index (χ3v) is 5.17. The third-order valence-electron chi connectivity index (χ3n) is 3.15. The number of anilines is 2. The van der Waals surface area contributed by atoms with E-state index >= 15 is 0 Å². The van der Waals surface area contributed by atoms with Gasteiger partial charge in [-0.05, 0) is 23.6 Å². The number of nitrogens with one attached hydrogen (secondary N) is 2. The highest BCUT2D eigenvalue weighted by Crippen LogP contribution is 2.25. The summed E-state index contributed by atoms with van der Waals surface area (Å²) in [4.78, 5) is 12.1. The summed E-state index contributed by atoms with van der Waals surface area (Å²) in [5.41, 5.74) is 2.03. The number of rotatable bonds is 9. The number of amides is 1. The number of benzene rings is 1. The van der Waals surface area contributed by atoms with Gasteiger partial charge in [0.15, 0.2) is 4.34 Å². The number of thioether (sulfide) groups is 1. The first-order valence-corrected chi connectivity index (χ1v) is 9.47. The lowest BCUT2D eigenvalue weighted by molar-refractivity contribution is -0.113. The Kier molecular flexibility index (Phi) is 7.48. The number of carbonyl (C=O) groups excluding carboxylic acids is 1. The van der Waals surface area contributed by atoms with Crippen molar-refractivity contribution in [3.05, 3.63) is 29.8 Å². The van der Waals surface area contributed by atoms with Crippen molar-refractivity contribution in [2.75, 3.05) is 36.6 Å². The van der Waals surface area contributed by atoms with E-state index in [-0.39, 0.29) is 5.91 Å². The second kappa shape index (κ2) is 9.61. The fourth-order valence-electron chi connectivity index (χ4n) is 1.90. The van der Waals surface area contributed by atoms with Crippen molar-refractivity contribution in [3.63, 3.8) is 0 Å². The van der Waals surface area contributed by atoms with Gasteiger partial charge in [-0.2, -0.15) is 0 Å². The Balaban J connectivity index is 1.80. The van der Waals surface area contributed by atoms with Gasteiger partial charge in [-0.15, -0.1) is 10.2 Å². The molecule has 24 heavy (non-hydrogen) atoms. The van der Waals surface area contributed by atoms with Gasteiger partial charge in [-0.1, -0.05) is 49.1 Å². The molecule has 0 radical (unpaired) electrons. The SMILES string of the molecule is COCCNc1nnc(SCC(=O)Nc2cccc(C(C)C)c2)s1. The van der Waals surface area contributed by atoms with Crippen molar-refractivity contribution >= 4 is 39.8 Å². The molecule has 8 heteroatoms. The Hall–Kier alpha value is -1.64. The minimum atomic E-state index is -0.0509. The van der Waals surface area contributed by atoms with Crippen molar-refractivity contribution in [2.24, 2.45) is 0 Å². The smallest absolute Gasteiger partial charge is 0.234 e. The van der Waals surface area contributed by atoms with Crippen LogP contribution in [-0.2, 0) is 9.53 Å². The lowest BCUT2D eigenvalue weighted by Gasteiger charge is -2.09. The fourth-order valence-corrected chi connectivity index (χ4v) is 3.48. The highest BCUT2D eigenvalue weighted by atomic mass is 32.2. The van der Waals surface area contributed by atoms with Crippen molar-refractivity contribution in [3.8, 4) is 0 Å². The summed E-state index contributed by atoms with van der Waals surface area (Å²) in [6.07, 6.45) is 0. The third kappa shape index (κ3) is 6.10. The fraction of sp³-hybridized carbons (Fsp3) is 0.438. The van der Waals surface area contributed by atoms with Crippen molar-refractivity contribution in [1.82, 2.24) is 10.2 Å². The summed E-state index contributed by atoms with van der Waals surface area (Å²) in [6.45, 7) is 5.55. The highest BCUT2D eigenvalue weighted by molar-refractivity contribution is 8.01. The molecule has 0 aliphatic heterocycles. The molecule has 2 rings (SSSR count). The van der Waals surface area contributed by atoms with Gasteiger partial charge >= 0.3 is 0 Å². The zero-order valence-electron chi connectivity index (χ0n) is 14.0. The van der Waals surface area contributed by atoms with Crippen LogP contribution in [0.15, 0.2) is 28.6 Å². The summed E-state index contributed by atoms with van der Waals surface area (Å²) in [6, 6.07) is 7.93. The van der Waals surface area contributed by atoms with Crippen LogP contribution in [0.25, 0.3) is 0 Å². The Bertz CT molecular complexity index is 661. The Morgan fingerprint density at radius 3 is 2.96 bits per heavy atom. The standard InChI is InChI=1S/C16H22N4O2S2/c1-11(2)12-5-4-6-13(9-12)18-14(21)10-23-16-20-19-15(24-16)17-7-8-22-3/h4-6,9,11H,7-8,10H2,1-3H3,(H,17,19)(H,18,21). The molecule has 0 bridgehead atoms. The largest absolute Gasteiger partial charge is 0.383 e. The van der Waals surface area contributed by atoms with E-state index in [1.807, 2.05) is 18.2 Å². The zero-order valence-corrected chi connectivity index (χ0v) is 15.7. The molecule has 6 nitrogen and oxygen atoms in total. The van der Waals surface area contributed by atoms with E-state index in [1.54, 1.807) is 7.11 Å². The number of carbonyl (C=O) groups is 1. The van der Waals surface area contributed by atoms with Gasteiger partial charge in [0, 0.05) is 19.3 Å². The molecule has 0 atom stereocenters. The summed E-state index contributed by atoms with van der Waals surface area (Å²) in [5, 5.41) is 14.9. The number of nitrogens with zero attached hydrogens (tertiary/aromatic N) is 2. The molecule has 0 aliphatic carbocycles. The first-order valence-electron chi connectivity index (χ1n) is 7.67. The summed E-state index contributed by atoms with van der Waals surface area (Å²) < 4.78 is 5.73. The summed E-state index contributed by atoms with van der Waals surface area (Å²) in [5.74, 6) is 0.685. The number of hydrogen-bond acceptors (Lipinski definition) is 7. The van der Waals surface area contributed by atoms with Crippen molar-refractivity contribution in [1.29, 1.82) is 0 Å². The van der Waals surface area contributed by atoms with Gasteiger partial charge in [0.2, 0.25) is 11.0 Å². The molecule has 0 unspecified atom stereocenters. The maximum absolute atomic E-state index is 12.1. The molecule has 130 valence electrons. The molecule has 0 spiro atoms. The van der Waals surface area contributed by atoms with Crippen LogP contribution in [0, 0.1) is 0 Å². The average Bonchev–Trinajstić information content (AvgIpc) is 3.01. The second-order valence-electron chi connectivity index (χ2n) is 5.41. The van der Waals surface area contributed by atoms with Crippen LogP contribution in [0.5, 0.6) is 0 Å². The molecule has 1 heterocycles. The predicted molar refractivity (Wildman–Crippen MR) is 100 cm³/mol. The van der Waals surface area contributed by atoms with Crippen molar-refractivity contribution in [2.45, 2.75) is 24.1 Å². The van der Waals surface area contributed by atoms with Crippen LogP contribution in [0.3, 0.4) is 0 Å². The maximum Gasteiger partial charge on any atom is 0.234 e. The average molecular weight is 367 g/mol. The first kappa shape index (κ1) is 18.7. The number of aromatic nitrogens is 2. The Labute approximate surface area is 150 Å². The van der Waals surface area contributed by atoms with E-state index in [4.69, 9.17) is 4.74 Å². The van der Waals surface area contributed by atoms with Gasteiger partial charge in [-0.25, -0.2) is 0 Å². The molecule has 2 N–H and O–H groups in total. The van der Waals surface area contributed by atoms with E-state index in [9.17, 15) is 4.79 Å². The predicted octanol–water partition coefficient (Wildman–Crippen LogP) is 3.45. The van der Waals surface area contributed by atoms with E-state index in [1.165, 1.54) is 28.7 Å². The van der Waals surface area contributed by atoms with E-state index < -0.39 is 0 Å². The molecular weight excluding hydrogens is 344 g/mol. The van der Waals surface area contributed by atoms with Gasteiger partial charge in [0.25, 0.3) is 0 Å². The quantitative estimate of drug-likeness (QED) is 0.523. The van der Waals surface area contributed by atoms with Crippen LogP contribution < -0.4 is 10.6 Å². The first-order chi connectivity index (χ1) is 11.6.